The van der Waals surface area contributed by atoms with Crippen molar-refractivity contribution in [2.75, 3.05) is 29.8 Å². The number of hydrogen-bond donors (Lipinski definition) is 2. The van der Waals surface area contributed by atoms with E-state index in [-0.39, 0.29) is 41.8 Å². The molecule has 194 valence electrons. The molecule has 0 amide bonds. The van der Waals surface area contributed by atoms with Crippen LogP contribution in [0.25, 0.3) is 0 Å². The van der Waals surface area contributed by atoms with Gasteiger partial charge in [-0.25, -0.2) is 25.6 Å². The average molecular weight is 543 g/mol. The van der Waals surface area contributed by atoms with Crippen LogP contribution >= 0.6 is 0 Å². The highest BCUT2D eigenvalue weighted by atomic mass is 32.2. The predicted molar refractivity (Wildman–Crippen MR) is 130 cm³/mol. The number of rotatable bonds is 11. The third kappa shape index (κ3) is 6.15. The van der Waals surface area contributed by atoms with E-state index in [9.17, 15) is 25.6 Å². The summed E-state index contributed by atoms with van der Waals surface area (Å²) in [5, 5.41) is 0. The molecule has 0 heterocycles. The van der Waals surface area contributed by atoms with E-state index in [1.807, 2.05) is 0 Å². The van der Waals surface area contributed by atoms with E-state index in [1.54, 1.807) is 13.8 Å². The first kappa shape index (κ1) is 27.0. The van der Waals surface area contributed by atoms with E-state index < -0.39 is 41.5 Å². The van der Waals surface area contributed by atoms with E-state index in [1.165, 1.54) is 31.4 Å². The molecule has 13 heteroatoms. The first-order chi connectivity index (χ1) is 17.0. The summed E-state index contributed by atoms with van der Waals surface area (Å²) >= 11 is 0. The van der Waals surface area contributed by atoms with Crippen LogP contribution in [0.2, 0.25) is 0 Å². The maximum Gasteiger partial charge on any atom is 0.265 e. The lowest BCUT2D eigenvalue weighted by Crippen LogP contribution is -2.17. The highest BCUT2D eigenvalue weighted by Crippen LogP contribution is 2.31. The Labute approximate surface area is 208 Å². The Hall–Kier alpha value is -3.58. The van der Waals surface area contributed by atoms with Crippen molar-refractivity contribution in [3.8, 4) is 17.2 Å². The molecule has 2 N–H and O–H groups in total. The molecule has 3 rings (SSSR count). The van der Waals surface area contributed by atoms with Crippen LogP contribution in [-0.2, 0) is 20.0 Å². The van der Waals surface area contributed by atoms with Crippen molar-refractivity contribution in [2.24, 2.45) is 0 Å². The maximum atomic E-state index is 13.9. The SMILES string of the molecule is CCOc1cc(NS(=O)(=O)c2ccc(OC)c(S(=O)(=O)Nc3ccc(F)c(OCC)c3)c2)ccc1F. The molecule has 0 fully saturated rings. The van der Waals surface area contributed by atoms with Gasteiger partial charge in [-0.05, 0) is 56.3 Å². The summed E-state index contributed by atoms with van der Waals surface area (Å²) in [5.74, 6) is -1.78. The Morgan fingerprint density at radius 2 is 1.19 bits per heavy atom. The normalized spacial score (nSPS) is 11.6. The number of sulfonamides is 2. The summed E-state index contributed by atoms with van der Waals surface area (Å²) in [6, 6.07) is 10.0. The lowest BCUT2D eigenvalue weighted by Gasteiger charge is -2.15. The molecule has 0 aliphatic heterocycles. The van der Waals surface area contributed by atoms with Crippen molar-refractivity contribution >= 4 is 31.4 Å². The number of halogens is 2. The van der Waals surface area contributed by atoms with Gasteiger partial charge in [0.25, 0.3) is 20.0 Å². The molecule has 0 aliphatic rings. The highest BCUT2D eigenvalue weighted by Gasteiger charge is 2.25. The second-order valence-electron chi connectivity index (χ2n) is 7.18. The van der Waals surface area contributed by atoms with Crippen molar-refractivity contribution in [1.29, 1.82) is 0 Å². The van der Waals surface area contributed by atoms with Gasteiger partial charge in [0.15, 0.2) is 23.1 Å². The van der Waals surface area contributed by atoms with E-state index >= 15 is 0 Å². The first-order valence-electron chi connectivity index (χ1n) is 10.6. The molecule has 0 saturated heterocycles. The molecule has 36 heavy (non-hydrogen) atoms. The summed E-state index contributed by atoms with van der Waals surface area (Å²) in [5.41, 5.74) is -0.00369. The van der Waals surface area contributed by atoms with E-state index in [0.717, 1.165) is 30.3 Å². The summed E-state index contributed by atoms with van der Waals surface area (Å²) in [4.78, 5) is -0.885. The van der Waals surface area contributed by atoms with Gasteiger partial charge < -0.3 is 14.2 Å². The van der Waals surface area contributed by atoms with Gasteiger partial charge in [-0.2, -0.15) is 0 Å². The van der Waals surface area contributed by atoms with Gasteiger partial charge in [0, 0.05) is 12.1 Å². The van der Waals surface area contributed by atoms with Gasteiger partial charge in [-0.3, -0.25) is 9.44 Å². The maximum absolute atomic E-state index is 13.9. The number of hydrogen-bond acceptors (Lipinski definition) is 7. The smallest absolute Gasteiger partial charge is 0.265 e. The largest absolute Gasteiger partial charge is 0.495 e. The molecule has 0 aliphatic carbocycles. The Kier molecular flexibility index (Phi) is 8.25. The molecular formula is C23H24F2N2O7S2. The second kappa shape index (κ2) is 11.0. The minimum atomic E-state index is -4.39. The van der Waals surface area contributed by atoms with Crippen LogP contribution in [0.3, 0.4) is 0 Å². The minimum Gasteiger partial charge on any atom is -0.495 e. The van der Waals surface area contributed by atoms with Crippen LogP contribution in [-0.4, -0.2) is 37.2 Å². The predicted octanol–water partition coefficient (Wildman–Crippen LogP) is 4.37. The van der Waals surface area contributed by atoms with Gasteiger partial charge in [0.2, 0.25) is 0 Å². The van der Waals surface area contributed by atoms with Gasteiger partial charge >= 0.3 is 0 Å². The molecule has 3 aromatic rings. The standard InChI is InChI=1S/C23H24F2N2O7S2/c1-4-33-21-12-15(6-9-18(21)24)26-35(28,29)17-8-11-20(32-3)23(14-17)36(30,31)27-16-7-10-19(25)22(13-16)34-5-2/h6-14,26-27H,4-5H2,1-3H3. The number of anilines is 2. The van der Waals surface area contributed by atoms with Gasteiger partial charge in [-0.15, -0.1) is 0 Å². The Morgan fingerprint density at radius 3 is 1.67 bits per heavy atom. The number of ether oxygens (including phenoxy) is 3. The van der Waals surface area contributed by atoms with Gasteiger partial charge in [0.05, 0.1) is 36.6 Å². The number of nitrogens with one attached hydrogen (secondary N) is 2. The van der Waals surface area contributed by atoms with Crippen LogP contribution in [0.5, 0.6) is 17.2 Å². The van der Waals surface area contributed by atoms with Crippen molar-refractivity contribution in [1.82, 2.24) is 0 Å². The average Bonchev–Trinajstić information content (AvgIpc) is 2.83. The molecule has 0 atom stereocenters. The van der Waals surface area contributed by atoms with Crippen molar-refractivity contribution < 1.29 is 39.8 Å². The fourth-order valence-electron chi connectivity index (χ4n) is 3.12. The van der Waals surface area contributed by atoms with Crippen molar-refractivity contribution in [3.05, 3.63) is 66.2 Å². The van der Waals surface area contributed by atoms with Crippen LogP contribution in [0.15, 0.2) is 64.4 Å². The highest BCUT2D eigenvalue weighted by molar-refractivity contribution is 7.93. The molecule has 0 spiro atoms. The zero-order valence-corrected chi connectivity index (χ0v) is 21.2. The molecule has 9 nitrogen and oxygen atoms in total. The minimum absolute atomic E-state index is 0.00738. The van der Waals surface area contributed by atoms with Gasteiger partial charge in [0.1, 0.15) is 10.6 Å². The first-order valence-corrected chi connectivity index (χ1v) is 13.6. The lowest BCUT2D eigenvalue weighted by molar-refractivity contribution is 0.321. The van der Waals surface area contributed by atoms with E-state index in [0.29, 0.717) is 0 Å². The molecule has 3 aromatic carbocycles. The van der Waals surface area contributed by atoms with Gasteiger partial charge in [-0.1, -0.05) is 0 Å². The van der Waals surface area contributed by atoms with Crippen LogP contribution in [0.4, 0.5) is 20.2 Å². The molecule has 0 bridgehead atoms. The molecule has 0 radical (unpaired) electrons. The molecule has 0 unspecified atom stereocenters. The summed E-state index contributed by atoms with van der Waals surface area (Å²) in [6.07, 6.45) is 0. The molecule has 0 aromatic heterocycles. The fourth-order valence-corrected chi connectivity index (χ4v) is 5.52. The van der Waals surface area contributed by atoms with E-state index in [2.05, 4.69) is 9.44 Å². The van der Waals surface area contributed by atoms with Crippen LogP contribution in [0.1, 0.15) is 13.8 Å². The third-order valence-electron chi connectivity index (χ3n) is 4.70. The van der Waals surface area contributed by atoms with Crippen LogP contribution in [0, 0.1) is 11.6 Å². The van der Waals surface area contributed by atoms with Crippen molar-refractivity contribution in [3.63, 3.8) is 0 Å². The number of methoxy groups -OCH3 is 1. The van der Waals surface area contributed by atoms with E-state index in [4.69, 9.17) is 14.2 Å². The summed E-state index contributed by atoms with van der Waals surface area (Å²) in [7, 11) is -7.47. The number of benzene rings is 3. The Balaban J connectivity index is 1.97. The summed E-state index contributed by atoms with van der Waals surface area (Å²) < 4.78 is 99.8. The fraction of sp³-hybridized carbons (Fsp3) is 0.217. The lowest BCUT2D eigenvalue weighted by atomic mass is 10.3. The third-order valence-corrected chi connectivity index (χ3v) is 7.48. The van der Waals surface area contributed by atoms with Crippen molar-refractivity contribution in [2.45, 2.75) is 23.6 Å². The Bertz CT molecular complexity index is 1460. The molecular weight excluding hydrogens is 518 g/mol. The second-order valence-corrected chi connectivity index (χ2v) is 10.5. The monoisotopic (exact) mass is 542 g/mol. The zero-order valence-electron chi connectivity index (χ0n) is 19.5. The Morgan fingerprint density at radius 1 is 0.694 bits per heavy atom. The zero-order chi connectivity index (χ0) is 26.5. The quantitative estimate of drug-likeness (QED) is 0.369. The molecule has 0 saturated carbocycles. The van der Waals surface area contributed by atoms with Crippen LogP contribution < -0.4 is 23.7 Å². The summed E-state index contributed by atoms with van der Waals surface area (Å²) in [6.45, 7) is 3.62. The topological polar surface area (TPSA) is 120 Å².